The van der Waals surface area contributed by atoms with Crippen molar-refractivity contribution in [1.29, 1.82) is 0 Å². The summed E-state index contributed by atoms with van der Waals surface area (Å²) in [5.41, 5.74) is 2.92. The van der Waals surface area contributed by atoms with E-state index >= 15 is 0 Å². The molecule has 9 heteroatoms. The lowest BCUT2D eigenvalue weighted by molar-refractivity contribution is -0.677. The van der Waals surface area contributed by atoms with Crippen LogP contribution in [0.5, 0.6) is 0 Å². The number of hydrogen-bond donors (Lipinski definition) is 3. The standard InChI is InChI=1S/C18H20N4O4S/c1-13-2-6-15(7-3-13)22-17(18(23)26-21-22)12-20-11-10-14-4-8-16(9-5-14)27(19,24)25/h2-9,20H,10-12H2,1H3,(H2-,19,21,23,24,25)/p+1. The lowest BCUT2D eigenvalue weighted by Crippen LogP contribution is -2.41. The van der Waals surface area contributed by atoms with Crippen molar-refractivity contribution < 1.29 is 17.6 Å². The van der Waals surface area contributed by atoms with E-state index < -0.39 is 15.6 Å². The largest absolute Gasteiger partial charge is 0.431 e. The Balaban J connectivity index is 1.61. The number of sulfonamides is 1. The number of aromatic nitrogens is 2. The zero-order valence-corrected chi connectivity index (χ0v) is 15.6. The first-order valence-electron chi connectivity index (χ1n) is 8.36. The molecule has 4 N–H and O–H groups in total. The Morgan fingerprint density at radius 2 is 1.78 bits per heavy atom. The van der Waals surface area contributed by atoms with Crippen LogP contribution >= 0.6 is 0 Å². The molecule has 3 rings (SSSR count). The van der Waals surface area contributed by atoms with Crippen LogP contribution in [0.2, 0.25) is 0 Å². The first-order valence-corrected chi connectivity index (χ1v) is 9.91. The van der Waals surface area contributed by atoms with Crippen LogP contribution in [0.25, 0.3) is 5.69 Å². The molecular weight excluding hydrogens is 368 g/mol. The summed E-state index contributed by atoms with van der Waals surface area (Å²) in [5, 5.41) is 10.9. The maximum Gasteiger partial charge on any atom is 0.431 e. The number of benzene rings is 2. The molecule has 0 spiro atoms. The summed E-state index contributed by atoms with van der Waals surface area (Å²) in [6, 6.07) is 14.1. The van der Waals surface area contributed by atoms with Gasteiger partial charge in [0, 0.05) is 12.1 Å². The number of nitrogens with two attached hydrogens (primary N) is 1. The van der Waals surface area contributed by atoms with Crippen molar-refractivity contribution >= 4 is 10.0 Å². The van der Waals surface area contributed by atoms with Crippen molar-refractivity contribution in [2.45, 2.75) is 24.8 Å². The fourth-order valence-corrected chi connectivity index (χ4v) is 3.15. The Labute approximate surface area is 156 Å². The minimum atomic E-state index is -3.68. The number of primary sulfonamides is 1. The van der Waals surface area contributed by atoms with Gasteiger partial charge in [0.1, 0.15) is 0 Å². The highest BCUT2D eigenvalue weighted by Gasteiger charge is 2.22. The van der Waals surface area contributed by atoms with Crippen LogP contribution in [0.3, 0.4) is 0 Å². The van der Waals surface area contributed by atoms with Crippen LogP contribution in [0.1, 0.15) is 16.8 Å². The first-order chi connectivity index (χ1) is 12.8. The van der Waals surface area contributed by atoms with E-state index in [1.807, 2.05) is 31.2 Å². The highest BCUT2D eigenvalue weighted by Crippen LogP contribution is 2.09. The summed E-state index contributed by atoms with van der Waals surface area (Å²) in [5.74, 6) is 0. The lowest BCUT2D eigenvalue weighted by atomic mass is 10.1. The van der Waals surface area contributed by atoms with Crippen LogP contribution in [-0.4, -0.2) is 20.2 Å². The van der Waals surface area contributed by atoms with Gasteiger partial charge in [-0.15, -0.1) is 0 Å². The third-order valence-electron chi connectivity index (χ3n) is 4.16. The summed E-state index contributed by atoms with van der Waals surface area (Å²) >= 11 is 0. The van der Waals surface area contributed by atoms with Gasteiger partial charge in [-0.25, -0.2) is 18.4 Å². The Morgan fingerprint density at radius 3 is 2.41 bits per heavy atom. The fourth-order valence-electron chi connectivity index (χ4n) is 2.63. The van der Waals surface area contributed by atoms with Crippen molar-refractivity contribution in [3.8, 4) is 5.69 Å². The molecule has 0 amide bonds. The van der Waals surface area contributed by atoms with E-state index in [-0.39, 0.29) is 4.90 Å². The third kappa shape index (κ3) is 4.70. The number of hydrogen-bond acceptors (Lipinski definition) is 5. The molecular formula is C18H21N4O4S+. The van der Waals surface area contributed by atoms with Gasteiger partial charge in [-0.2, -0.15) is 0 Å². The van der Waals surface area contributed by atoms with Crippen molar-refractivity contribution in [1.82, 2.24) is 10.6 Å². The summed E-state index contributed by atoms with van der Waals surface area (Å²) in [4.78, 5) is 12.0. The van der Waals surface area contributed by atoms with E-state index in [0.29, 0.717) is 25.2 Å². The third-order valence-corrected chi connectivity index (χ3v) is 5.09. The van der Waals surface area contributed by atoms with Gasteiger partial charge in [-0.1, -0.05) is 29.8 Å². The highest BCUT2D eigenvalue weighted by atomic mass is 32.2. The van der Waals surface area contributed by atoms with E-state index in [4.69, 9.17) is 9.66 Å². The van der Waals surface area contributed by atoms with E-state index in [1.54, 1.807) is 16.8 Å². The molecule has 0 saturated carbocycles. The minimum absolute atomic E-state index is 0.0864. The molecule has 142 valence electrons. The van der Waals surface area contributed by atoms with Crippen LogP contribution in [0, 0.1) is 6.92 Å². The molecule has 0 bridgehead atoms. The van der Waals surface area contributed by atoms with E-state index in [9.17, 15) is 13.2 Å². The monoisotopic (exact) mass is 389 g/mol. The Morgan fingerprint density at radius 1 is 1.11 bits per heavy atom. The number of H-pyrrole nitrogens is 1. The minimum Gasteiger partial charge on any atom is -0.307 e. The summed E-state index contributed by atoms with van der Waals surface area (Å²) in [6.07, 6.45) is 0.672. The van der Waals surface area contributed by atoms with Crippen molar-refractivity contribution in [2.75, 3.05) is 6.54 Å². The van der Waals surface area contributed by atoms with Crippen LogP contribution in [0.15, 0.2) is 62.7 Å². The average molecular weight is 389 g/mol. The van der Waals surface area contributed by atoms with Crippen LogP contribution in [-0.2, 0) is 23.0 Å². The second kappa shape index (κ2) is 7.87. The molecule has 0 atom stereocenters. The molecule has 1 aromatic heterocycles. The van der Waals surface area contributed by atoms with Crippen LogP contribution < -0.4 is 20.8 Å². The molecule has 3 aromatic rings. The Bertz CT molecular complexity index is 1070. The highest BCUT2D eigenvalue weighted by molar-refractivity contribution is 7.89. The summed E-state index contributed by atoms with van der Waals surface area (Å²) in [6.45, 7) is 2.92. The molecule has 8 nitrogen and oxygen atoms in total. The number of aromatic amines is 1. The number of nitrogens with zero attached hydrogens (tertiary/aromatic N) is 1. The van der Waals surface area contributed by atoms with E-state index in [1.165, 1.54) is 12.1 Å². The van der Waals surface area contributed by atoms with Crippen molar-refractivity contribution in [3.05, 3.63) is 75.8 Å². The molecule has 0 radical (unpaired) electrons. The Hall–Kier alpha value is -2.75. The molecule has 0 saturated heterocycles. The van der Waals surface area contributed by atoms with Gasteiger partial charge in [0.05, 0.1) is 11.4 Å². The van der Waals surface area contributed by atoms with Crippen molar-refractivity contribution in [3.63, 3.8) is 0 Å². The molecule has 0 aliphatic rings. The van der Waals surface area contributed by atoms with Gasteiger partial charge < -0.3 is 5.32 Å². The second-order valence-corrected chi connectivity index (χ2v) is 7.78. The van der Waals surface area contributed by atoms with E-state index in [2.05, 4.69) is 10.6 Å². The second-order valence-electron chi connectivity index (χ2n) is 6.21. The number of aryl methyl sites for hydroxylation is 1. The van der Waals surface area contributed by atoms with Crippen molar-refractivity contribution in [2.24, 2.45) is 5.14 Å². The molecule has 0 aliphatic heterocycles. The smallest absolute Gasteiger partial charge is 0.307 e. The maximum absolute atomic E-state index is 11.9. The summed E-state index contributed by atoms with van der Waals surface area (Å²) in [7, 11) is -3.68. The topological polar surface area (TPSA) is 122 Å². The zero-order chi connectivity index (χ0) is 19.4. The van der Waals surface area contributed by atoms with Gasteiger partial charge in [-0.3, -0.25) is 4.52 Å². The molecule has 1 heterocycles. The average Bonchev–Trinajstić information content (AvgIpc) is 3.00. The zero-order valence-electron chi connectivity index (χ0n) is 14.8. The summed E-state index contributed by atoms with van der Waals surface area (Å²) < 4.78 is 29.0. The number of rotatable bonds is 7. The molecule has 0 unspecified atom stereocenters. The predicted molar refractivity (Wildman–Crippen MR) is 98.8 cm³/mol. The van der Waals surface area contributed by atoms with Gasteiger partial charge in [-0.05, 0) is 47.5 Å². The van der Waals surface area contributed by atoms with Crippen LogP contribution in [0.4, 0.5) is 0 Å². The molecule has 2 aromatic carbocycles. The predicted octanol–water partition coefficient (Wildman–Crippen LogP) is 0.533. The van der Waals surface area contributed by atoms with Gasteiger partial charge in [0.15, 0.2) is 0 Å². The van der Waals surface area contributed by atoms with Gasteiger partial charge >= 0.3 is 11.3 Å². The van der Waals surface area contributed by atoms with Gasteiger partial charge in [0.25, 0.3) is 0 Å². The van der Waals surface area contributed by atoms with E-state index in [0.717, 1.165) is 16.8 Å². The molecule has 27 heavy (non-hydrogen) atoms. The van der Waals surface area contributed by atoms with Gasteiger partial charge in [0.2, 0.25) is 15.7 Å². The first kappa shape index (κ1) is 19.0. The lowest BCUT2D eigenvalue weighted by Gasteiger charge is -2.04. The maximum atomic E-state index is 11.9. The molecule has 0 fully saturated rings. The number of nitrogens with one attached hydrogen (secondary N) is 2. The quantitative estimate of drug-likeness (QED) is 0.402. The molecule has 0 aliphatic carbocycles. The SMILES string of the molecule is Cc1ccc(-[n+]2[nH]oc(=O)c2CNCCc2ccc(S(N)(=O)=O)cc2)cc1. The Kier molecular flexibility index (Phi) is 5.54. The fraction of sp³-hybridized carbons (Fsp3) is 0.222. The normalized spacial score (nSPS) is 11.6.